The monoisotopic (exact) mass is 1200 g/mol. The van der Waals surface area contributed by atoms with Crippen molar-refractivity contribution in [3.63, 3.8) is 0 Å². The molecule has 4 aliphatic carbocycles. The van der Waals surface area contributed by atoms with E-state index in [1.165, 1.54) is 12.5 Å². The molecule has 0 spiro atoms. The van der Waals surface area contributed by atoms with Crippen LogP contribution >= 0.6 is 0 Å². The van der Waals surface area contributed by atoms with Crippen molar-refractivity contribution in [2.24, 2.45) is 46.3 Å². The summed E-state index contributed by atoms with van der Waals surface area (Å²) in [6, 6.07) is 0. The lowest BCUT2D eigenvalue weighted by Crippen LogP contribution is -2.66. The molecule has 16 N–H and O–H groups in total. The Bertz CT molecular complexity index is 2180. The minimum atomic E-state index is -1.89. The standard InChI is InChI=1S/C56H92O27/c1-21(18-73-49-43(68)40(65)37(62)31(16-57)78-49)8-13-56(72)22(2)34-30(83-56)15-28-26-7-6-24-14-25(9-11-54(24,4)27(26)10-12-55(28,34)5)77-52-45(70)41(66)38(63)33(80-52)20-75-53-48(82-51-44(69)39(64)35(60)23(3)76-51)46(71)47(32(17-58)79-53)81-50-42(67)36(61)29(59)19-74-50/h6,21-23,25-53,57-72H,7-20H2,1-5H3. The molecule has 478 valence electrons. The first kappa shape index (κ1) is 64.6. The predicted octanol–water partition coefficient (Wildman–Crippen LogP) is -4.54. The highest BCUT2D eigenvalue weighted by Crippen LogP contribution is 2.70. The zero-order valence-corrected chi connectivity index (χ0v) is 47.6. The number of fused-ring (bicyclic) bond motifs is 7. The third kappa shape index (κ3) is 12.0. The summed E-state index contributed by atoms with van der Waals surface area (Å²) in [6.07, 6.45) is -29.7. The van der Waals surface area contributed by atoms with Gasteiger partial charge in [-0.15, -0.1) is 0 Å². The molecule has 3 saturated carbocycles. The predicted molar refractivity (Wildman–Crippen MR) is 277 cm³/mol. The van der Waals surface area contributed by atoms with Gasteiger partial charge in [-0.05, 0) is 98.7 Å². The highest BCUT2D eigenvalue weighted by molar-refractivity contribution is 5.26. The summed E-state index contributed by atoms with van der Waals surface area (Å²) in [7, 11) is 0. The van der Waals surface area contributed by atoms with E-state index in [0.29, 0.717) is 43.4 Å². The second-order valence-electron chi connectivity index (χ2n) is 26.2. The lowest BCUT2D eigenvalue weighted by atomic mass is 9.47. The number of hydrogen-bond acceptors (Lipinski definition) is 27. The number of allylic oxidation sites excluding steroid dienone is 1. The Morgan fingerprint density at radius 3 is 1.93 bits per heavy atom. The average molecular weight is 1200 g/mol. The topological polar surface area (TPSA) is 425 Å². The Morgan fingerprint density at radius 2 is 1.23 bits per heavy atom. The lowest BCUT2D eigenvalue weighted by Gasteiger charge is -2.58. The van der Waals surface area contributed by atoms with E-state index in [1.54, 1.807) is 0 Å². The molecule has 0 bridgehead atoms. The van der Waals surface area contributed by atoms with E-state index in [4.69, 9.17) is 52.1 Å². The van der Waals surface area contributed by atoms with Crippen molar-refractivity contribution in [1.29, 1.82) is 0 Å². The molecule has 83 heavy (non-hydrogen) atoms. The molecule has 0 aromatic heterocycles. The molecule has 27 heteroatoms. The third-order valence-electron chi connectivity index (χ3n) is 21.2. The van der Waals surface area contributed by atoms with Gasteiger partial charge in [-0.25, -0.2) is 0 Å². The first-order valence-corrected chi connectivity index (χ1v) is 29.8. The van der Waals surface area contributed by atoms with Gasteiger partial charge in [-0.1, -0.05) is 39.3 Å². The fourth-order valence-corrected chi connectivity index (χ4v) is 16.1. The SMILES string of the molecule is CC(CCC1(O)OC2CC3C4CC=C5CC(OC6OC(COC7OC(CO)C(OC8OCC(O)C(O)C8O)C(O)C7OC7OC(C)C(O)C(O)C7O)C(O)C(O)C6O)CCC5(C)C4CCC3(C)C2C1C)COC1OC(CO)C(O)C(O)C1O. The molecule has 10 aliphatic rings. The molecule has 27 nitrogen and oxygen atoms in total. The fraction of sp³-hybridized carbons (Fsp3) is 0.964. The summed E-state index contributed by atoms with van der Waals surface area (Å²) in [6.45, 7) is 7.82. The van der Waals surface area contributed by atoms with Crippen LogP contribution in [0.2, 0.25) is 0 Å². The van der Waals surface area contributed by atoms with E-state index in [0.717, 1.165) is 32.1 Å². The molecular formula is C56H92O27. The molecular weight excluding hydrogens is 1100 g/mol. The summed E-state index contributed by atoms with van der Waals surface area (Å²) < 4.78 is 65.5. The zero-order valence-electron chi connectivity index (χ0n) is 47.6. The van der Waals surface area contributed by atoms with Gasteiger partial charge in [0.05, 0.1) is 51.3 Å². The number of hydrogen-bond donors (Lipinski definition) is 16. The molecule has 0 aromatic rings. The van der Waals surface area contributed by atoms with Gasteiger partial charge in [-0.3, -0.25) is 0 Å². The first-order chi connectivity index (χ1) is 39.2. The smallest absolute Gasteiger partial charge is 0.187 e. The van der Waals surface area contributed by atoms with Crippen LogP contribution in [0, 0.1) is 46.3 Å². The Balaban J connectivity index is 0.754. The maximum absolute atomic E-state index is 12.1. The summed E-state index contributed by atoms with van der Waals surface area (Å²) in [5.41, 5.74) is 1.02. The number of aliphatic hydroxyl groups excluding tert-OH is 15. The molecule has 0 aromatic carbocycles. The summed E-state index contributed by atoms with van der Waals surface area (Å²) in [5, 5.41) is 171. The maximum atomic E-state index is 12.1. The normalized spacial score (nSPS) is 55.0. The van der Waals surface area contributed by atoms with Crippen LogP contribution < -0.4 is 0 Å². The number of ether oxygens (including phenoxy) is 11. The molecule has 6 aliphatic heterocycles. The second kappa shape index (κ2) is 25.5. The highest BCUT2D eigenvalue weighted by Gasteiger charge is 2.68. The molecule has 0 amide bonds. The molecule has 6 heterocycles. The Labute approximate surface area is 481 Å². The van der Waals surface area contributed by atoms with E-state index in [9.17, 15) is 81.7 Å². The Hall–Kier alpha value is -1.34. The van der Waals surface area contributed by atoms with Crippen LogP contribution in [0.5, 0.6) is 0 Å². The van der Waals surface area contributed by atoms with Crippen LogP contribution in [-0.2, 0) is 52.1 Å². The van der Waals surface area contributed by atoms with E-state index >= 15 is 0 Å². The minimum absolute atomic E-state index is 0.0747. The first-order valence-electron chi connectivity index (χ1n) is 29.8. The van der Waals surface area contributed by atoms with E-state index in [1.807, 2.05) is 6.92 Å². The van der Waals surface area contributed by atoms with Gasteiger partial charge in [0.1, 0.15) is 110 Å². The van der Waals surface area contributed by atoms with Gasteiger partial charge in [-0.2, -0.15) is 0 Å². The van der Waals surface area contributed by atoms with Crippen LogP contribution in [0.25, 0.3) is 0 Å². The summed E-state index contributed by atoms with van der Waals surface area (Å²) in [4.78, 5) is 0. The molecule has 35 atom stereocenters. The summed E-state index contributed by atoms with van der Waals surface area (Å²) >= 11 is 0. The van der Waals surface area contributed by atoms with Crippen molar-refractivity contribution in [3.8, 4) is 0 Å². The third-order valence-corrected chi connectivity index (χ3v) is 21.2. The largest absolute Gasteiger partial charge is 0.394 e. The van der Waals surface area contributed by atoms with Crippen LogP contribution in [-0.4, -0.2) is 280 Å². The molecule has 6 saturated heterocycles. The van der Waals surface area contributed by atoms with Crippen molar-refractivity contribution in [3.05, 3.63) is 11.6 Å². The van der Waals surface area contributed by atoms with Gasteiger partial charge < -0.3 is 134 Å². The molecule has 9 fully saturated rings. The van der Waals surface area contributed by atoms with E-state index in [-0.39, 0.29) is 41.3 Å². The van der Waals surface area contributed by atoms with Gasteiger partial charge in [0.2, 0.25) is 0 Å². The quantitative estimate of drug-likeness (QED) is 0.0610. The highest BCUT2D eigenvalue weighted by atomic mass is 16.8. The Morgan fingerprint density at radius 1 is 0.614 bits per heavy atom. The molecule has 10 rings (SSSR count). The lowest BCUT2D eigenvalue weighted by molar-refractivity contribution is -0.386. The maximum Gasteiger partial charge on any atom is 0.187 e. The van der Waals surface area contributed by atoms with Crippen molar-refractivity contribution in [2.75, 3.05) is 33.0 Å². The van der Waals surface area contributed by atoms with Gasteiger partial charge in [0.15, 0.2) is 37.2 Å². The van der Waals surface area contributed by atoms with E-state index < -0.39 is 186 Å². The second-order valence-corrected chi connectivity index (χ2v) is 26.2. The van der Waals surface area contributed by atoms with Crippen molar-refractivity contribution in [2.45, 2.75) is 258 Å². The minimum Gasteiger partial charge on any atom is -0.394 e. The zero-order chi connectivity index (χ0) is 59.9. The fourth-order valence-electron chi connectivity index (χ4n) is 16.1. The van der Waals surface area contributed by atoms with Gasteiger partial charge in [0, 0.05) is 12.3 Å². The van der Waals surface area contributed by atoms with Crippen LogP contribution in [0.3, 0.4) is 0 Å². The summed E-state index contributed by atoms with van der Waals surface area (Å²) in [5.74, 6) is -0.337. The van der Waals surface area contributed by atoms with Gasteiger partial charge in [0.25, 0.3) is 0 Å². The van der Waals surface area contributed by atoms with Crippen LogP contribution in [0.1, 0.15) is 92.4 Å². The van der Waals surface area contributed by atoms with Crippen LogP contribution in [0.15, 0.2) is 11.6 Å². The Kier molecular flexibility index (Phi) is 19.9. The van der Waals surface area contributed by atoms with Crippen molar-refractivity contribution >= 4 is 0 Å². The average Bonchev–Trinajstić information content (AvgIpc) is 2.35. The number of aliphatic hydroxyl groups is 16. The van der Waals surface area contributed by atoms with E-state index in [2.05, 4.69) is 26.8 Å². The molecule has 35 unspecified atom stereocenters. The number of rotatable bonds is 17. The van der Waals surface area contributed by atoms with Gasteiger partial charge >= 0.3 is 0 Å². The van der Waals surface area contributed by atoms with Crippen molar-refractivity contribution < 1.29 is 134 Å². The molecule has 0 radical (unpaired) electrons. The van der Waals surface area contributed by atoms with Crippen LogP contribution in [0.4, 0.5) is 0 Å². The van der Waals surface area contributed by atoms with Crippen molar-refractivity contribution in [1.82, 2.24) is 0 Å².